The smallest absolute Gasteiger partial charge is 0.326 e. The van der Waals surface area contributed by atoms with Gasteiger partial charge >= 0.3 is 11.9 Å². The summed E-state index contributed by atoms with van der Waals surface area (Å²) in [5, 5.41) is 24.6. The van der Waals surface area contributed by atoms with Crippen LogP contribution in [-0.2, 0) is 28.8 Å². The Morgan fingerprint density at radius 3 is 1.87 bits per heavy atom. The number of primary amides is 1. The number of carbonyl (C=O) groups is 6. The highest BCUT2D eigenvalue weighted by atomic mass is 16.4. The van der Waals surface area contributed by atoms with E-state index in [0.717, 1.165) is 0 Å². The molecule has 9 N–H and O–H groups in total. The van der Waals surface area contributed by atoms with Gasteiger partial charge < -0.3 is 37.6 Å². The van der Waals surface area contributed by atoms with Crippen molar-refractivity contribution in [2.45, 2.75) is 70.6 Å². The summed E-state index contributed by atoms with van der Waals surface area (Å²) in [4.78, 5) is 70.0. The second-order valence-electron chi connectivity index (χ2n) is 7.21. The van der Waals surface area contributed by atoms with Crippen LogP contribution in [0.4, 0.5) is 0 Å². The minimum Gasteiger partial charge on any atom is -0.481 e. The Morgan fingerprint density at radius 1 is 0.871 bits per heavy atom. The highest BCUT2D eigenvalue weighted by Crippen LogP contribution is 2.06. The van der Waals surface area contributed by atoms with Crippen molar-refractivity contribution in [3.05, 3.63) is 0 Å². The first kappa shape index (κ1) is 27.8. The van der Waals surface area contributed by atoms with Crippen LogP contribution in [0.3, 0.4) is 0 Å². The van der Waals surface area contributed by atoms with Crippen molar-refractivity contribution in [1.29, 1.82) is 0 Å². The number of aliphatic carboxylic acids is 2. The van der Waals surface area contributed by atoms with Gasteiger partial charge in [0.15, 0.2) is 0 Å². The Labute approximate surface area is 179 Å². The fourth-order valence-electron chi connectivity index (χ4n) is 2.39. The third kappa shape index (κ3) is 10.4. The number of carboxylic acids is 2. The Hall–Kier alpha value is -3.22. The van der Waals surface area contributed by atoms with Gasteiger partial charge in [-0.1, -0.05) is 20.3 Å². The van der Waals surface area contributed by atoms with E-state index in [1.807, 2.05) is 12.2 Å². The molecule has 13 heteroatoms. The molecule has 0 aliphatic rings. The second kappa shape index (κ2) is 13.2. The zero-order chi connectivity index (χ0) is 24.3. The average molecular weight is 445 g/mol. The molecular weight excluding hydrogens is 414 g/mol. The van der Waals surface area contributed by atoms with Gasteiger partial charge in [-0.05, 0) is 19.3 Å². The zero-order valence-corrected chi connectivity index (χ0v) is 17.7. The summed E-state index contributed by atoms with van der Waals surface area (Å²) >= 11 is 0. The van der Waals surface area contributed by atoms with E-state index in [1.165, 1.54) is 6.92 Å². The maximum atomic E-state index is 12.4. The number of hydrogen-bond donors (Lipinski definition) is 7. The van der Waals surface area contributed by atoms with E-state index < -0.39 is 66.2 Å². The molecule has 176 valence electrons. The van der Waals surface area contributed by atoms with Crippen LogP contribution in [0.2, 0.25) is 0 Å². The number of nitrogens with one attached hydrogen (secondary N) is 3. The van der Waals surface area contributed by atoms with E-state index in [1.54, 1.807) is 6.92 Å². The Bertz CT molecular complexity index is 698. The molecule has 0 fully saturated rings. The van der Waals surface area contributed by atoms with E-state index in [4.69, 9.17) is 21.7 Å². The van der Waals surface area contributed by atoms with Gasteiger partial charge in [0.2, 0.25) is 23.6 Å². The van der Waals surface area contributed by atoms with Crippen LogP contribution < -0.4 is 27.4 Å². The van der Waals surface area contributed by atoms with Crippen LogP contribution in [0.15, 0.2) is 0 Å². The van der Waals surface area contributed by atoms with Gasteiger partial charge in [-0.2, -0.15) is 0 Å². The van der Waals surface area contributed by atoms with Crippen molar-refractivity contribution >= 4 is 35.6 Å². The molecule has 0 bridgehead atoms. The van der Waals surface area contributed by atoms with Gasteiger partial charge in [0.1, 0.15) is 18.1 Å². The minimum atomic E-state index is -1.75. The number of carbonyl (C=O) groups excluding carboxylic acids is 4. The minimum absolute atomic E-state index is 0.133. The first-order valence-electron chi connectivity index (χ1n) is 9.69. The van der Waals surface area contributed by atoms with Crippen LogP contribution >= 0.6 is 0 Å². The standard InChI is InChI=1S/C18H31N5O8/c1-4-8(2)14(20)17(29)21-9(3)15(27)22-10(5-6-12(19)24)16(28)23-11(18(30)31)7-13(25)26/h8-11,14H,4-7,20H2,1-3H3,(H2,19,24)(H,21,29)(H,22,27)(H,23,28)(H,25,26)(H,30,31). The van der Waals surface area contributed by atoms with E-state index in [0.29, 0.717) is 6.42 Å². The summed E-state index contributed by atoms with van der Waals surface area (Å²) in [5.41, 5.74) is 10.9. The van der Waals surface area contributed by atoms with Crippen molar-refractivity contribution in [1.82, 2.24) is 16.0 Å². The number of carboxylic acid groups (broad SMARTS) is 2. The molecule has 0 radical (unpaired) electrons. The zero-order valence-electron chi connectivity index (χ0n) is 17.7. The van der Waals surface area contributed by atoms with Crippen molar-refractivity contribution in [3.8, 4) is 0 Å². The molecule has 0 saturated heterocycles. The molecule has 31 heavy (non-hydrogen) atoms. The molecule has 5 unspecified atom stereocenters. The van der Waals surface area contributed by atoms with Gasteiger partial charge in [-0.25, -0.2) is 4.79 Å². The third-order valence-electron chi connectivity index (χ3n) is 4.62. The van der Waals surface area contributed by atoms with Crippen LogP contribution in [0.1, 0.15) is 46.5 Å². The van der Waals surface area contributed by atoms with Crippen molar-refractivity contribution in [3.63, 3.8) is 0 Å². The van der Waals surface area contributed by atoms with Crippen LogP contribution in [-0.4, -0.2) is 69.9 Å². The Morgan fingerprint density at radius 2 is 1.42 bits per heavy atom. The lowest BCUT2D eigenvalue weighted by molar-refractivity contribution is -0.147. The number of hydrogen-bond acceptors (Lipinski definition) is 7. The lowest BCUT2D eigenvalue weighted by Crippen LogP contribution is -2.57. The maximum Gasteiger partial charge on any atom is 0.326 e. The lowest BCUT2D eigenvalue weighted by Gasteiger charge is -2.24. The van der Waals surface area contributed by atoms with Crippen LogP contribution in [0.5, 0.6) is 0 Å². The SMILES string of the molecule is CCC(C)C(N)C(=O)NC(C)C(=O)NC(CCC(N)=O)C(=O)NC(CC(=O)O)C(=O)O. The highest BCUT2D eigenvalue weighted by Gasteiger charge is 2.30. The molecule has 0 aromatic heterocycles. The summed E-state index contributed by atoms with van der Waals surface area (Å²) < 4.78 is 0. The normalized spacial score (nSPS) is 15.5. The predicted octanol–water partition coefficient (Wildman–Crippen LogP) is -2.34. The predicted molar refractivity (Wildman–Crippen MR) is 107 cm³/mol. The highest BCUT2D eigenvalue weighted by molar-refractivity contribution is 5.94. The first-order chi connectivity index (χ1) is 14.3. The van der Waals surface area contributed by atoms with Gasteiger partial charge in [-0.15, -0.1) is 0 Å². The molecule has 0 aromatic carbocycles. The number of rotatable bonds is 14. The van der Waals surface area contributed by atoms with Gasteiger partial charge in [0.05, 0.1) is 12.5 Å². The molecule has 0 aromatic rings. The van der Waals surface area contributed by atoms with Crippen LogP contribution in [0.25, 0.3) is 0 Å². The van der Waals surface area contributed by atoms with Gasteiger partial charge in [0.25, 0.3) is 0 Å². The second-order valence-corrected chi connectivity index (χ2v) is 7.21. The molecule has 0 saturated carbocycles. The monoisotopic (exact) mass is 445 g/mol. The summed E-state index contributed by atoms with van der Waals surface area (Å²) in [6.45, 7) is 4.98. The number of nitrogens with two attached hydrogens (primary N) is 2. The molecule has 5 atom stereocenters. The maximum absolute atomic E-state index is 12.4. The fourth-order valence-corrected chi connectivity index (χ4v) is 2.39. The Kier molecular flexibility index (Phi) is 11.8. The molecule has 0 aliphatic carbocycles. The first-order valence-corrected chi connectivity index (χ1v) is 9.69. The number of amides is 4. The van der Waals surface area contributed by atoms with Crippen molar-refractivity contribution < 1.29 is 39.0 Å². The average Bonchev–Trinajstić information content (AvgIpc) is 2.68. The molecule has 0 aliphatic heterocycles. The van der Waals surface area contributed by atoms with E-state index in [2.05, 4.69) is 10.6 Å². The summed E-state index contributed by atoms with van der Waals surface area (Å²) in [6, 6.07) is -5.08. The quantitative estimate of drug-likeness (QED) is 0.151. The van der Waals surface area contributed by atoms with Crippen molar-refractivity contribution in [2.24, 2.45) is 17.4 Å². The van der Waals surface area contributed by atoms with Crippen molar-refractivity contribution in [2.75, 3.05) is 0 Å². The molecular formula is C18H31N5O8. The summed E-state index contributed by atoms with van der Waals surface area (Å²) in [6.07, 6.45) is -0.822. The molecule has 0 rings (SSSR count). The van der Waals surface area contributed by atoms with E-state index >= 15 is 0 Å². The fraction of sp³-hybridized carbons (Fsp3) is 0.667. The van der Waals surface area contributed by atoms with Gasteiger partial charge in [-0.3, -0.25) is 24.0 Å². The molecule has 13 nitrogen and oxygen atoms in total. The largest absolute Gasteiger partial charge is 0.481 e. The van der Waals surface area contributed by atoms with E-state index in [-0.39, 0.29) is 18.8 Å². The van der Waals surface area contributed by atoms with Crippen LogP contribution in [0, 0.1) is 5.92 Å². The molecule has 0 heterocycles. The molecule has 4 amide bonds. The summed E-state index contributed by atoms with van der Waals surface area (Å²) in [7, 11) is 0. The van der Waals surface area contributed by atoms with E-state index in [9.17, 15) is 28.8 Å². The van der Waals surface area contributed by atoms with Gasteiger partial charge in [0, 0.05) is 6.42 Å². The molecule has 0 spiro atoms. The Balaban J connectivity index is 5.23. The lowest BCUT2D eigenvalue weighted by atomic mass is 9.99. The topological polar surface area (TPSA) is 231 Å². The third-order valence-corrected chi connectivity index (χ3v) is 4.62. The summed E-state index contributed by atoms with van der Waals surface area (Å²) in [5.74, 6) is -6.32.